The molecule has 1 aromatic carbocycles. The van der Waals surface area contributed by atoms with Gasteiger partial charge in [0.1, 0.15) is 4.90 Å². The molecule has 0 atom stereocenters. The first-order valence-corrected chi connectivity index (χ1v) is 8.08. The number of carbonyl (C=O) groups excluding carboxylic acids is 1. The lowest BCUT2D eigenvalue weighted by molar-refractivity contribution is -0.115. The van der Waals surface area contributed by atoms with E-state index in [2.05, 4.69) is 15.4 Å². The number of hydrogen-bond donors (Lipinski definition) is 3. The molecule has 0 saturated carbocycles. The Morgan fingerprint density at radius 1 is 1.20 bits per heavy atom. The summed E-state index contributed by atoms with van der Waals surface area (Å²) in [7, 11) is -3.60. The SMILES string of the molecule is CCCNCC(=O)Nc1ccccc1S(=O)(=O)NCC. The van der Waals surface area contributed by atoms with Crippen molar-refractivity contribution in [1.82, 2.24) is 10.0 Å². The third-order valence-electron chi connectivity index (χ3n) is 2.50. The van der Waals surface area contributed by atoms with Gasteiger partial charge in [-0.3, -0.25) is 4.79 Å². The second-order valence-electron chi connectivity index (χ2n) is 4.22. The molecule has 0 aliphatic rings. The maximum atomic E-state index is 12.0. The Bertz CT molecular complexity index is 544. The van der Waals surface area contributed by atoms with Crippen LogP contribution in [0.3, 0.4) is 0 Å². The monoisotopic (exact) mass is 299 g/mol. The van der Waals surface area contributed by atoms with Gasteiger partial charge < -0.3 is 10.6 Å². The van der Waals surface area contributed by atoms with Crippen LogP contribution < -0.4 is 15.4 Å². The van der Waals surface area contributed by atoms with Crippen LogP contribution in [0.1, 0.15) is 20.3 Å². The molecule has 7 heteroatoms. The fourth-order valence-corrected chi connectivity index (χ4v) is 2.85. The van der Waals surface area contributed by atoms with E-state index in [0.717, 1.165) is 13.0 Å². The van der Waals surface area contributed by atoms with E-state index in [0.29, 0.717) is 6.54 Å². The molecular formula is C13H21N3O3S. The van der Waals surface area contributed by atoms with Crippen molar-refractivity contribution in [2.24, 2.45) is 0 Å². The standard InChI is InChI=1S/C13H21N3O3S/c1-3-9-14-10-13(17)16-11-7-5-6-8-12(11)20(18,19)15-4-2/h5-8,14-15H,3-4,9-10H2,1-2H3,(H,16,17). The highest BCUT2D eigenvalue weighted by atomic mass is 32.2. The first-order valence-electron chi connectivity index (χ1n) is 6.60. The topological polar surface area (TPSA) is 87.3 Å². The van der Waals surface area contributed by atoms with Gasteiger partial charge in [-0.25, -0.2) is 13.1 Å². The van der Waals surface area contributed by atoms with Crippen molar-refractivity contribution in [2.45, 2.75) is 25.2 Å². The van der Waals surface area contributed by atoms with Crippen LogP contribution in [0.4, 0.5) is 5.69 Å². The van der Waals surface area contributed by atoms with Crippen LogP contribution >= 0.6 is 0 Å². The number of rotatable bonds is 8. The van der Waals surface area contributed by atoms with E-state index in [1.165, 1.54) is 6.07 Å². The van der Waals surface area contributed by atoms with Crippen molar-refractivity contribution in [3.8, 4) is 0 Å². The fraction of sp³-hybridized carbons (Fsp3) is 0.462. The second kappa shape index (κ2) is 7.98. The lowest BCUT2D eigenvalue weighted by Gasteiger charge is -2.12. The summed E-state index contributed by atoms with van der Waals surface area (Å²) in [5.74, 6) is -0.266. The third-order valence-corrected chi connectivity index (χ3v) is 4.10. The quantitative estimate of drug-likeness (QED) is 0.623. The summed E-state index contributed by atoms with van der Waals surface area (Å²) in [6.07, 6.45) is 0.929. The van der Waals surface area contributed by atoms with E-state index in [4.69, 9.17) is 0 Å². The number of benzene rings is 1. The van der Waals surface area contributed by atoms with Crippen LogP contribution in [0, 0.1) is 0 Å². The average Bonchev–Trinajstić information content (AvgIpc) is 2.39. The fourth-order valence-electron chi connectivity index (χ4n) is 1.65. The molecule has 0 aliphatic heterocycles. The molecule has 0 heterocycles. The van der Waals surface area contributed by atoms with Gasteiger partial charge in [0.15, 0.2) is 0 Å². The molecular weight excluding hydrogens is 278 g/mol. The normalized spacial score (nSPS) is 11.3. The van der Waals surface area contributed by atoms with Crippen molar-refractivity contribution in [3.63, 3.8) is 0 Å². The number of sulfonamides is 1. The molecule has 112 valence electrons. The predicted octanol–water partition coefficient (Wildman–Crippen LogP) is 0.923. The zero-order chi connectivity index (χ0) is 15.0. The largest absolute Gasteiger partial charge is 0.324 e. The minimum Gasteiger partial charge on any atom is -0.324 e. The van der Waals surface area contributed by atoms with E-state index >= 15 is 0 Å². The van der Waals surface area contributed by atoms with Crippen LogP contribution in [-0.4, -0.2) is 34.0 Å². The Morgan fingerprint density at radius 2 is 1.90 bits per heavy atom. The second-order valence-corrected chi connectivity index (χ2v) is 5.96. The molecule has 3 N–H and O–H groups in total. The minimum atomic E-state index is -3.60. The first kappa shape index (κ1) is 16.6. The highest BCUT2D eigenvalue weighted by Crippen LogP contribution is 2.20. The van der Waals surface area contributed by atoms with Gasteiger partial charge in [0, 0.05) is 6.54 Å². The van der Waals surface area contributed by atoms with Crippen molar-refractivity contribution >= 4 is 21.6 Å². The Kier molecular flexibility index (Phi) is 6.63. The summed E-state index contributed by atoms with van der Waals surface area (Å²) in [6, 6.07) is 6.34. The van der Waals surface area contributed by atoms with Crippen LogP contribution in [0.25, 0.3) is 0 Å². The van der Waals surface area contributed by atoms with E-state index < -0.39 is 10.0 Å². The van der Waals surface area contributed by atoms with Gasteiger partial charge in [-0.1, -0.05) is 26.0 Å². The molecule has 0 aliphatic carbocycles. The summed E-state index contributed by atoms with van der Waals surface area (Å²) in [5.41, 5.74) is 0.289. The molecule has 0 radical (unpaired) electrons. The number of nitrogens with one attached hydrogen (secondary N) is 3. The molecule has 0 unspecified atom stereocenters. The zero-order valence-corrected chi connectivity index (χ0v) is 12.6. The number of para-hydroxylation sites is 1. The summed E-state index contributed by atoms with van der Waals surface area (Å²) in [6.45, 7) is 4.90. The van der Waals surface area contributed by atoms with Gasteiger partial charge in [0.05, 0.1) is 12.2 Å². The first-order chi connectivity index (χ1) is 9.51. The molecule has 0 fully saturated rings. The van der Waals surface area contributed by atoms with Crippen LogP contribution in [0.5, 0.6) is 0 Å². The molecule has 20 heavy (non-hydrogen) atoms. The summed E-state index contributed by atoms with van der Waals surface area (Å²) in [4.78, 5) is 11.8. The average molecular weight is 299 g/mol. The lowest BCUT2D eigenvalue weighted by Crippen LogP contribution is -2.30. The predicted molar refractivity (Wildman–Crippen MR) is 79.1 cm³/mol. The van der Waals surface area contributed by atoms with E-state index in [1.807, 2.05) is 6.92 Å². The number of hydrogen-bond acceptors (Lipinski definition) is 4. The minimum absolute atomic E-state index is 0.0747. The summed E-state index contributed by atoms with van der Waals surface area (Å²) >= 11 is 0. The zero-order valence-electron chi connectivity index (χ0n) is 11.8. The van der Waals surface area contributed by atoms with Gasteiger partial charge >= 0.3 is 0 Å². The number of anilines is 1. The highest BCUT2D eigenvalue weighted by molar-refractivity contribution is 7.89. The molecule has 0 saturated heterocycles. The van der Waals surface area contributed by atoms with Gasteiger partial charge in [-0.05, 0) is 25.1 Å². The maximum absolute atomic E-state index is 12.0. The molecule has 0 bridgehead atoms. The van der Waals surface area contributed by atoms with Crippen molar-refractivity contribution in [2.75, 3.05) is 25.0 Å². The van der Waals surface area contributed by atoms with Crippen molar-refractivity contribution in [1.29, 1.82) is 0 Å². The van der Waals surface area contributed by atoms with Crippen LogP contribution in [-0.2, 0) is 14.8 Å². The van der Waals surface area contributed by atoms with Gasteiger partial charge in [-0.2, -0.15) is 0 Å². The van der Waals surface area contributed by atoms with Crippen molar-refractivity contribution in [3.05, 3.63) is 24.3 Å². The third kappa shape index (κ3) is 4.92. The Hall–Kier alpha value is -1.44. The highest BCUT2D eigenvalue weighted by Gasteiger charge is 2.18. The Balaban J connectivity index is 2.83. The molecule has 0 aromatic heterocycles. The van der Waals surface area contributed by atoms with Gasteiger partial charge in [0.2, 0.25) is 15.9 Å². The summed E-state index contributed by atoms with van der Waals surface area (Å²) in [5, 5.41) is 5.57. The van der Waals surface area contributed by atoms with Crippen LogP contribution in [0.2, 0.25) is 0 Å². The maximum Gasteiger partial charge on any atom is 0.242 e. The summed E-state index contributed by atoms with van der Waals surface area (Å²) < 4.78 is 26.4. The van der Waals surface area contributed by atoms with Gasteiger partial charge in [-0.15, -0.1) is 0 Å². The molecule has 1 amide bonds. The molecule has 6 nitrogen and oxygen atoms in total. The van der Waals surface area contributed by atoms with Gasteiger partial charge in [0.25, 0.3) is 0 Å². The molecule has 0 spiro atoms. The number of amides is 1. The molecule has 1 aromatic rings. The van der Waals surface area contributed by atoms with Crippen molar-refractivity contribution < 1.29 is 13.2 Å². The Morgan fingerprint density at radius 3 is 2.55 bits per heavy atom. The smallest absolute Gasteiger partial charge is 0.242 e. The van der Waals surface area contributed by atoms with E-state index in [9.17, 15) is 13.2 Å². The molecule has 1 rings (SSSR count). The Labute approximate surface area is 120 Å². The van der Waals surface area contributed by atoms with E-state index in [1.54, 1.807) is 25.1 Å². The lowest BCUT2D eigenvalue weighted by atomic mass is 10.3. The number of carbonyl (C=O) groups is 1. The van der Waals surface area contributed by atoms with E-state index in [-0.39, 0.29) is 23.0 Å². The van der Waals surface area contributed by atoms with Crippen LogP contribution in [0.15, 0.2) is 29.2 Å².